The first-order valence-electron chi connectivity index (χ1n) is 10.5. The van der Waals surface area contributed by atoms with Crippen molar-refractivity contribution in [3.8, 4) is 0 Å². The molecule has 0 unspecified atom stereocenters. The van der Waals surface area contributed by atoms with Crippen molar-refractivity contribution >= 4 is 46.0 Å². The molecule has 2 amide bonds. The van der Waals surface area contributed by atoms with Gasteiger partial charge in [-0.05, 0) is 6.92 Å². The van der Waals surface area contributed by atoms with Crippen molar-refractivity contribution in [2.45, 2.75) is 31.2 Å². The highest BCUT2D eigenvalue weighted by molar-refractivity contribution is 8.03. The fourth-order valence-electron chi connectivity index (χ4n) is 4.53. The van der Waals surface area contributed by atoms with Gasteiger partial charge in [0.1, 0.15) is 11.4 Å². The van der Waals surface area contributed by atoms with Gasteiger partial charge in [-0.25, -0.2) is 9.78 Å². The number of thiazole rings is 1. The summed E-state index contributed by atoms with van der Waals surface area (Å²) in [4.78, 5) is 46.8. The van der Waals surface area contributed by atoms with Crippen LogP contribution in [0, 0.1) is 11.8 Å². The summed E-state index contributed by atoms with van der Waals surface area (Å²) in [7, 11) is 1.69. The number of aliphatic carboxylic acids is 1. The molecule has 3 aliphatic heterocycles. The average Bonchev–Trinajstić information content (AvgIpc) is 3.25. The molecule has 0 aliphatic carbocycles. The lowest BCUT2D eigenvalue weighted by molar-refractivity contribution is -0.163. The molecule has 174 valence electrons. The first-order chi connectivity index (χ1) is 15.1. The number of nitrogens with zero attached hydrogens (tertiary/aromatic N) is 4. The Labute approximate surface area is 194 Å². The highest BCUT2D eigenvalue weighted by Gasteiger charge is 2.60. The quantitative estimate of drug-likeness (QED) is 0.446. The highest BCUT2D eigenvalue weighted by Crippen LogP contribution is 2.52. The molecule has 3 aliphatic rings. The van der Waals surface area contributed by atoms with Crippen LogP contribution in [0.5, 0.6) is 0 Å². The van der Waals surface area contributed by atoms with Crippen LogP contribution in [-0.4, -0.2) is 93.4 Å². The second-order valence-electron chi connectivity index (χ2n) is 8.45. The minimum atomic E-state index is -1.11. The van der Waals surface area contributed by atoms with Crippen molar-refractivity contribution in [1.29, 1.82) is 0 Å². The van der Waals surface area contributed by atoms with E-state index in [-0.39, 0.29) is 34.7 Å². The van der Waals surface area contributed by atoms with Crippen molar-refractivity contribution in [1.82, 2.24) is 14.8 Å². The number of hydrogen-bond donors (Lipinski definition) is 3. The molecule has 32 heavy (non-hydrogen) atoms. The summed E-state index contributed by atoms with van der Waals surface area (Å²) >= 11 is 2.90. The van der Waals surface area contributed by atoms with Gasteiger partial charge >= 0.3 is 5.97 Å². The number of carbonyl (C=O) groups excluding carboxylic acids is 2. The summed E-state index contributed by atoms with van der Waals surface area (Å²) in [5, 5.41) is 22.4. The van der Waals surface area contributed by atoms with E-state index < -0.39 is 18.0 Å². The normalized spacial score (nSPS) is 26.0. The van der Waals surface area contributed by atoms with Crippen LogP contribution in [0.2, 0.25) is 0 Å². The molecular formula is C20H27N5O5S2. The molecule has 0 aromatic carbocycles. The number of aromatic nitrogens is 1. The van der Waals surface area contributed by atoms with Gasteiger partial charge in [0.15, 0.2) is 5.13 Å². The Balaban J connectivity index is 1.41. The van der Waals surface area contributed by atoms with Gasteiger partial charge in [0, 0.05) is 54.7 Å². The molecular weight excluding hydrogens is 454 g/mol. The minimum Gasteiger partial charge on any atom is -0.477 e. The highest BCUT2D eigenvalue weighted by atomic mass is 32.2. The molecule has 4 heterocycles. The number of carbonyl (C=O) groups is 3. The van der Waals surface area contributed by atoms with Gasteiger partial charge in [-0.2, -0.15) is 0 Å². The van der Waals surface area contributed by atoms with Crippen molar-refractivity contribution < 1.29 is 24.6 Å². The predicted molar refractivity (Wildman–Crippen MR) is 121 cm³/mol. The maximum atomic E-state index is 12.4. The number of rotatable bonds is 8. The number of thioether (sulfide) groups is 1. The van der Waals surface area contributed by atoms with Crippen molar-refractivity contribution in [3.05, 3.63) is 21.7 Å². The lowest BCUT2D eigenvalue weighted by Gasteiger charge is -2.46. The second-order valence-corrected chi connectivity index (χ2v) is 10.6. The third-order valence-electron chi connectivity index (χ3n) is 6.25. The molecule has 2 saturated heterocycles. The zero-order valence-electron chi connectivity index (χ0n) is 18.1. The summed E-state index contributed by atoms with van der Waals surface area (Å²) in [6.45, 7) is 5.69. The van der Waals surface area contributed by atoms with Crippen LogP contribution in [-0.2, 0) is 9.59 Å². The Bertz CT molecular complexity index is 973. The van der Waals surface area contributed by atoms with E-state index in [0.717, 1.165) is 5.13 Å². The molecule has 0 saturated carbocycles. The number of anilines is 1. The zero-order chi connectivity index (χ0) is 23.3. The van der Waals surface area contributed by atoms with E-state index >= 15 is 0 Å². The molecule has 12 heteroatoms. The molecule has 10 nitrogen and oxygen atoms in total. The molecule has 1 aromatic heterocycles. The van der Waals surface area contributed by atoms with Gasteiger partial charge in [0.05, 0.1) is 18.1 Å². The number of aliphatic hydroxyl groups excluding tert-OH is 1. The van der Waals surface area contributed by atoms with Crippen LogP contribution in [0.1, 0.15) is 24.3 Å². The van der Waals surface area contributed by atoms with E-state index in [0.29, 0.717) is 36.8 Å². The summed E-state index contributed by atoms with van der Waals surface area (Å²) in [5.74, 6) is -2.29. The Morgan fingerprint density at radius 3 is 2.72 bits per heavy atom. The second kappa shape index (κ2) is 8.65. The number of amides is 2. The van der Waals surface area contributed by atoms with E-state index in [2.05, 4.69) is 9.88 Å². The fraction of sp³-hybridized carbons (Fsp3) is 0.600. The molecule has 4 rings (SSSR count). The number of aliphatic hydroxyl groups is 1. The van der Waals surface area contributed by atoms with Crippen LogP contribution >= 0.6 is 23.1 Å². The maximum Gasteiger partial charge on any atom is 0.353 e. The van der Waals surface area contributed by atoms with E-state index in [1.54, 1.807) is 24.3 Å². The van der Waals surface area contributed by atoms with Crippen LogP contribution in [0.3, 0.4) is 0 Å². The third-order valence-corrected chi connectivity index (χ3v) is 8.60. The van der Waals surface area contributed by atoms with Crippen LogP contribution in [0.25, 0.3) is 0 Å². The first kappa shape index (κ1) is 23.0. The standard InChI is InChI=1S/C20H27N5O5S2/c1-9-14-13(10(2)26)18(28)25(14)15(19(29)30)16(9)32-11-6-24(7-11)20-22-12(8-31-20)17(27)23(3)5-4-21/h8-11,13-14,26H,4-7,21H2,1-3H3,(H,29,30)/t9-,10-,13-,14-/m1/s1. The van der Waals surface area contributed by atoms with Gasteiger partial charge in [-0.3, -0.25) is 9.59 Å². The average molecular weight is 482 g/mol. The van der Waals surface area contributed by atoms with Gasteiger partial charge in [-0.1, -0.05) is 6.92 Å². The number of β-lactam (4-membered cyclic amide) rings is 1. The largest absolute Gasteiger partial charge is 0.477 e. The smallest absolute Gasteiger partial charge is 0.353 e. The Morgan fingerprint density at radius 2 is 2.12 bits per heavy atom. The predicted octanol–water partition coefficient (Wildman–Crippen LogP) is 0.249. The number of hydrogen-bond acceptors (Lipinski definition) is 9. The summed E-state index contributed by atoms with van der Waals surface area (Å²) in [6, 6.07) is -0.301. The minimum absolute atomic E-state index is 0.0536. The van der Waals surface area contributed by atoms with Crippen LogP contribution in [0.4, 0.5) is 5.13 Å². The number of carboxylic acid groups (broad SMARTS) is 1. The van der Waals surface area contributed by atoms with E-state index in [1.807, 2.05) is 6.92 Å². The molecule has 0 bridgehead atoms. The van der Waals surface area contributed by atoms with Gasteiger partial charge in [-0.15, -0.1) is 23.1 Å². The maximum absolute atomic E-state index is 12.4. The van der Waals surface area contributed by atoms with E-state index in [1.165, 1.54) is 28.0 Å². The lowest BCUT2D eigenvalue weighted by atomic mass is 9.79. The summed E-state index contributed by atoms with van der Waals surface area (Å²) in [6.07, 6.45) is -0.810. The Morgan fingerprint density at radius 1 is 1.44 bits per heavy atom. The Hall–Kier alpha value is -2.15. The van der Waals surface area contributed by atoms with Crippen molar-refractivity contribution in [2.24, 2.45) is 17.6 Å². The monoisotopic (exact) mass is 481 g/mol. The first-order valence-corrected chi connectivity index (χ1v) is 12.2. The SMILES string of the molecule is C[C@@H](O)[C@H]1C(=O)N2C(C(=O)O)=C(SC3CN(c4nc(C(=O)N(C)CCN)cs4)C3)[C@H](C)[C@H]12. The number of carboxylic acids is 1. The summed E-state index contributed by atoms with van der Waals surface area (Å²) < 4.78 is 0. The van der Waals surface area contributed by atoms with E-state index in [9.17, 15) is 24.6 Å². The van der Waals surface area contributed by atoms with Gasteiger partial charge < -0.3 is 30.6 Å². The van der Waals surface area contributed by atoms with Crippen LogP contribution in [0.15, 0.2) is 16.0 Å². The molecule has 4 N–H and O–H groups in total. The molecule has 0 radical (unpaired) electrons. The van der Waals surface area contributed by atoms with Gasteiger partial charge in [0.25, 0.3) is 5.91 Å². The number of likely N-dealkylation sites (N-methyl/N-ethyl adjacent to an activating group) is 1. The zero-order valence-corrected chi connectivity index (χ0v) is 19.7. The van der Waals surface area contributed by atoms with Crippen molar-refractivity contribution in [2.75, 3.05) is 38.1 Å². The molecule has 2 fully saturated rings. The van der Waals surface area contributed by atoms with Crippen molar-refractivity contribution in [3.63, 3.8) is 0 Å². The molecule has 1 aromatic rings. The van der Waals surface area contributed by atoms with E-state index in [4.69, 9.17) is 5.73 Å². The lowest BCUT2D eigenvalue weighted by Crippen LogP contribution is -2.63. The number of nitrogens with two attached hydrogens (primary N) is 1. The van der Waals surface area contributed by atoms with Gasteiger partial charge in [0.2, 0.25) is 5.91 Å². The summed E-state index contributed by atoms with van der Waals surface area (Å²) in [5.41, 5.74) is 5.95. The number of fused-ring (bicyclic) bond motifs is 1. The topological polar surface area (TPSA) is 140 Å². The Kier molecular flexibility index (Phi) is 6.23. The molecule has 0 spiro atoms. The third kappa shape index (κ3) is 3.68. The fourth-order valence-corrected chi connectivity index (χ4v) is 6.86. The molecule has 4 atom stereocenters. The van der Waals surface area contributed by atoms with Crippen LogP contribution < -0.4 is 10.6 Å².